The predicted molar refractivity (Wildman–Crippen MR) is 62.5 cm³/mol. The zero-order valence-electron chi connectivity index (χ0n) is 9.98. The molecule has 1 atom stereocenters. The average Bonchev–Trinajstić information content (AvgIpc) is 3.11. The van der Waals surface area contributed by atoms with Gasteiger partial charge < -0.3 is 5.73 Å². The molecule has 2 rings (SSSR count). The maximum atomic E-state index is 12.9. The first-order valence-electron chi connectivity index (χ1n) is 5.89. The lowest BCUT2D eigenvalue weighted by atomic mass is 9.97. The Hall–Kier alpha value is -1.63. The van der Waals surface area contributed by atoms with Crippen molar-refractivity contribution in [3.05, 3.63) is 39.4 Å². The molecule has 1 saturated carbocycles. The van der Waals surface area contributed by atoms with Crippen molar-refractivity contribution in [1.82, 2.24) is 0 Å². The summed E-state index contributed by atoms with van der Waals surface area (Å²) >= 11 is 0. The van der Waals surface area contributed by atoms with Gasteiger partial charge in [0, 0.05) is 18.2 Å². The Balaban J connectivity index is 2.33. The average molecular weight is 274 g/mol. The number of nitro groups is 1. The molecule has 0 bridgehead atoms. The van der Waals surface area contributed by atoms with Crippen LogP contribution in [0.3, 0.4) is 0 Å². The molecule has 0 spiro atoms. The van der Waals surface area contributed by atoms with Crippen LogP contribution in [0.15, 0.2) is 18.2 Å². The van der Waals surface area contributed by atoms with E-state index in [4.69, 9.17) is 5.73 Å². The highest BCUT2D eigenvalue weighted by Crippen LogP contribution is 2.37. The number of hydrogen-bond acceptors (Lipinski definition) is 3. The SMILES string of the molecule is NC(Cc1ccc([N+](=O)[O-])cc1C(F)(F)F)C1CC1. The highest BCUT2D eigenvalue weighted by atomic mass is 19.4. The number of benzene rings is 1. The second-order valence-electron chi connectivity index (χ2n) is 4.80. The molecule has 0 aromatic heterocycles. The van der Waals surface area contributed by atoms with Crippen molar-refractivity contribution in [2.24, 2.45) is 11.7 Å². The van der Waals surface area contributed by atoms with E-state index in [0.717, 1.165) is 25.0 Å². The van der Waals surface area contributed by atoms with Gasteiger partial charge in [-0.15, -0.1) is 0 Å². The van der Waals surface area contributed by atoms with Gasteiger partial charge in [-0.3, -0.25) is 10.1 Å². The summed E-state index contributed by atoms with van der Waals surface area (Å²) in [6.07, 6.45) is -2.63. The van der Waals surface area contributed by atoms with Crippen LogP contribution in [0.1, 0.15) is 24.0 Å². The molecule has 104 valence electrons. The molecule has 1 unspecified atom stereocenters. The molecular weight excluding hydrogens is 261 g/mol. The van der Waals surface area contributed by atoms with Crippen LogP contribution >= 0.6 is 0 Å². The predicted octanol–water partition coefficient (Wildman–Crippen LogP) is 2.89. The van der Waals surface area contributed by atoms with Gasteiger partial charge in [-0.2, -0.15) is 13.2 Å². The molecule has 4 nitrogen and oxygen atoms in total. The molecule has 0 aliphatic heterocycles. The Labute approximate surface area is 107 Å². The number of non-ortho nitro benzene ring substituents is 1. The third-order valence-electron chi connectivity index (χ3n) is 3.29. The van der Waals surface area contributed by atoms with E-state index in [1.165, 1.54) is 0 Å². The van der Waals surface area contributed by atoms with Crippen molar-refractivity contribution in [1.29, 1.82) is 0 Å². The topological polar surface area (TPSA) is 69.2 Å². The van der Waals surface area contributed by atoms with Crippen molar-refractivity contribution < 1.29 is 18.1 Å². The van der Waals surface area contributed by atoms with Crippen LogP contribution in [0.4, 0.5) is 18.9 Å². The lowest BCUT2D eigenvalue weighted by molar-refractivity contribution is -0.385. The first-order chi connectivity index (χ1) is 8.79. The minimum absolute atomic E-state index is 0.0255. The molecule has 19 heavy (non-hydrogen) atoms. The van der Waals surface area contributed by atoms with E-state index in [9.17, 15) is 23.3 Å². The van der Waals surface area contributed by atoms with E-state index in [0.29, 0.717) is 6.07 Å². The third-order valence-corrected chi connectivity index (χ3v) is 3.29. The number of halogens is 3. The fourth-order valence-corrected chi connectivity index (χ4v) is 2.06. The number of rotatable bonds is 4. The van der Waals surface area contributed by atoms with Gasteiger partial charge in [0.2, 0.25) is 0 Å². The fraction of sp³-hybridized carbons (Fsp3) is 0.500. The van der Waals surface area contributed by atoms with E-state index in [1.807, 2.05) is 0 Å². The zero-order valence-corrected chi connectivity index (χ0v) is 9.98. The minimum atomic E-state index is -4.61. The maximum absolute atomic E-state index is 12.9. The monoisotopic (exact) mass is 274 g/mol. The summed E-state index contributed by atoms with van der Waals surface area (Å²) in [5.41, 5.74) is 4.33. The van der Waals surface area contributed by atoms with Crippen LogP contribution in [0.2, 0.25) is 0 Å². The Kier molecular flexibility index (Phi) is 3.49. The van der Waals surface area contributed by atoms with Gasteiger partial charge in [0.15, 0.2) is 0 Å². The number of alkyl halides is 3. The normalized spacial score (nSPS) is 17.3. The smallest absolute Gasteiger partial charge is 0.327 e. The van der Waals surface area contributed by atoms with E-state index in [2.05, 4.69) is 0 Å². The van der Waals surface area contributed by atoms with Crippen LogP contribution in [0.5, 0.6) is 0 Å². The van der Waals surface area contributed by atoms with Crippen LogP contribution in [-0.4, -0.2) is 11.0 Å². The Morgan fingerprint density at radius 1 is 1.42 bits per heavy atom. The first kappa shape index (κ1) is 13.8. The Morgan fingerprint density at radius 2 is 2.05 bits per heavy atom. The van der Waals surface area contributed by atoms with Crippen LogP contribution in [-0.2, 0) is 12.6 Å². The summed E-state index contributed by atoms with van der Waals surface area (Å²) < 4.78 is 38.7. The van der Waals surface area contributed by atoms with Crippen molar-refractivity contribution in [3.8, 4) is 0 Å². The highest BCUT2D eigenvalue weighted by Gasteiger charge is 2.36. The lowest BCUT2D eigenvalue weighted by Crippen LogP contribution is -2.26. The summed E-state index contributed by atoms with van der Waals surface area (Å²) in [5.74, 6) is 0.274. The van der Waals surface area contributed by atoms with E-state index in [-0.39, 0.29) is 23.9 Å². The van der Waals surface area contributed by atoms with Gasteiger partial charge in [0.1, 0.15) is 0 Å². The largest absolute Gasteiger partial charge is 0.416 e. The Morgan fingerprint density at radius 3 is 2.53 bits per heavy atom. The Bertz CT molecular complexity index is 498. The van der Waals surface area contributed by atoms with Crippen molar-refractivity contribution >= 4 is 5.69 Å². The second kappa shape index (κ2) is 4.80. The van der Waals surface area contributed by atoms with Gasteiger partial charge in [-0.1, -0.05) is 6.07 Å². The molecule has 1 aromatic rings. The first-order valence-corrected chi connectivity index (χ1v) is 5.89. The van der Waals surface area contributed by atoms with Crippen LogP contribution in [0, 0.1) is 16.0 Å². The fourth-order valence-electron chi connectivity index (χ4n) is 2.06. The van der Waals surface area contributed by atoms with Gasteiger partial charge in [-0.25, -0.2) is 0 Å². The van der Waals surface area contributed by atoms with E-state index >= 15 is 0 Å². The molecular formula is C12H13F3N2O2. The van der Waals surface area contributed by atoms with Gasteiger partial charge in [-0.05, 0) is 30.7 Å². The highest BCUT2D eigenvalue weighted by molar-refractivity contribution is 5.42. The molecule has 0 radical (unpaired) electrons. The van der Waals surface area contributed by atoms with Crippen LogP contribution in [0.25, 0.3) is 0 Å². The standard InChI is InChI=1S/C12H13F3N2O2/c13-12(14,15)10-6-9(17(18)19)4-3-8(10)5-11(16)7-1-2-7/h3-4,6-7,11H,1-2,5,16H2. The quantitative estimate of drug-likeness (QED) is 0.678. The van der Waals surface area contributed by atoms with Crippen molar-refractivity contribution in [2.75, 3.05) is 0 Å². The summed E-state index contributed by atoms with van der Waals surface area (Å²) in [6, 6.07) is 2.50. The van der Waals surface area contributed by atoms with E-state index in [1.54, 1.807) is 0 Å². The molecule has 1 aliphatic rings. The van der Waals surface area contributed by atoms with Crippen molar-refractivity contribution in [2.45, 2.75) is 31.5 Å². The lowest BCUT2D eigenvalue weighted by Gasteiger charge is -2.16. The van der Waals surface area contributed by atoms with Gasteiger partial charge in [0.05, 0.1) is 10.5 Å². The van der Waals surface area contributed by atoms with Gasteiger partial charge in [0.25, 0.3) is 5.69 Å². The summed E-state index contributed by atoms with van der Waals surface area (Å²) in [4.78, 5) is 9.71. The van der Waals surface area contributed by atoms with E-state index < -0.39 is 22.4 Å². The summed E-state index contributed by atoms with van der Waals surface area (Å²) in [5, 5.41) is 10.5. The van der Waals surface area contributed by atoms with Crippen molar-refractivity contribution in [3.63, 3.8) is 0 Å². The molecule has 7 heteroatoms. The molecule has 0 amide bonds. The number of nitro benzene ring substituents is 1. The molecule has 0 heterocycles. The second-order valence-corrected chi connectivity index (χ2v) is 4.80. The molecule has 1 aliphatic carbocycles. The molecule has 0 saturated heterocycles. The summed E-state index contributed by atoms with van der Waals surface area (Å²) in [6.45, 7) is 0. The number of hydrogen-bond donors (Lipinski definition) is 1. The van der Waals surface area contributed by atoms with Gasteiger partial charge >= 0.3 is 6.18 Å². The molecule has 1 fully saturated rings. The number of nitrogens with two attached hydrogens (primary N) is 1. The molecule has 1 aromatic carbocycles. The maximum Gasteiger partial charge on any atom is 0.416 e. The zero-order chi connectivity index (χ0) is 14.2. The third kappa shape index (κ3) is 3.23. The van der Waals surface area contributed by atoms with Crippen LogP contribution < -0.4 is 5.73 Å². The summed E-state index contributed by atoms with van der Waals surface area (Å²) in [7, 11) is 0. The molecule has 2 N–H and O–H groups in total. The number of nitrogens with zero attached hydrogens (tertiary/aromatic N) is 1. The minimum Gasteiger partial charge on any atom is -0.327 e.